The summed E-state index contributed by atoms with van der Waals surface area (Å²) in [5.41, 5.74) is 0. The number of hydrogen-bond acceptors (Lipinski definition) is 4. The van der Waals surface area contributed by atoms with Crippen LogP contribution >= 0.6 is 0 Å². The molecule has 1 unspecified atom stereocenters. The Balaban J connectivity index is 1.84. The minimum Gasteiger partial charge on any atom is -0.480 e. The Labute approximate surface area is 137 Å². The zero-order chi connectivity index (χ0) is 17.0. The van der Waals surface area contributed by atoms with Gasteiger partial charge in [0.25, 0.3) is 0 Å². The predicted octanol–water partition coefficient (Wildman–Crippen LogP) is 0.674. The third kappa shape index (κ3) is 5.42. The van der Waals surface area contributed by atoms with E-state index in [4.69, 9.17) is 5.11 Å². The maximum atomic E-state index is 13.8. The lowest BCUT2D eigenvalue weighted by molar-refractivity contribution is -0.139. The van der Waals surface area contributed by atoms with Gasteiger partial charge in [-0.2, -0.15) is 0 Å². The first-order valence-corrected chi connectivity index (χ1v) is 8.45. The van der Waals surface area contributed by atoms with E-state index in [1.807, 2.05) is 18.7 Å². The SMILES string of the molecule is CC(C)CC(=O)N1C[C@H](F)CC1CN1CCN(CC(=O)O)CC1. The fraction of sp³-hybridized carbons (Fsp3) is 0.875. The van der Waals surface area contributed by atoms with Gasteiger partial charge in [0.1, 0.15) is 6.17 Å². The predicted molar refractivity (Wildman–Crippen MR) is 85.0 cm³/mol. The number of carbonyl (C=O) groups is 2. The molecule has 0 bridgehead atoms. The van der Waals surface area contributed by atoms with Crippen LogP contribution in [0, 0.1) is 5.92 Å². The Kier molecular flexibility index (Phi) is 6.35. The van der Waals surface area contributed by atoms with Crippen LogP contribution in [-0.4, -0.2) is 89.7 Å². The molecule has 0 aromatic carbocycles. The van der Waals surface area contributed by atoms with Gasteiger partial charge < -0.3 is 10.0 Å². The van der Waals surface area contributed by atoms with Crippen molar-refractivity contribution >= 4 is 11.9 Å². The second kappa shape index (κ2) is 8.06. The second-order valence-corrected chi connectivity index (χ2v) is 7.10. The van der Waals surface area contributed by atoms with E-state index < -0.39 is 12.1 Å². The molecule has 1 amide bonds. The summed E-state index contributed by atoms with van der Waals surface area (Å²) in [5, 5.41) is 8.82. The highest BCUT2D eigenvalue weighted by Crippen LogP contribution is 2.23. The smallest absolute Gasteiger partial charge is 0.317 e. The van der Waals surface area contributed by atoms with Gasteiger partial charge in [-0.25, -0.2) is 4.39 Å². The van der Waals surface area contributed by atoms with E-state index in [1.54, 1.807) is 4.90 Å². The van der Waals surface area contributed by atoms with Crippen LogP contribution in [0.25, 0.3) is 0 Å². The van der Waals surface area contributed by atoms with Gasteiger partial charge in [0.15, 0.2) is 0 Å². The van der Waals surface area contributed by atoms with Crippen molar-refractivity contribution in [2.24, 2.45) is 5.92 Å². The number of carboxylic acids is 1. The molecule has 0 aromatic heterocycles. The molecule has 2 fully saturated rings. The van der Waals surface area contributed by atoms with Gasteiger partial charge >= 0.3 is 5.97 Å². The van der Waals surface area contributed by atoms with Crippen molar-refractivity contribution in [3.63, 3.8) is 0 Å². The highest BCUT2D eigenvalue weighted by molar-refractivity contribution is 5.77. The summed E-state index contributed by atoms with van der Waals surface area (Å²) in [5.74, 6) is -0.476. The minimum absolute atomic E-state index is 0.0506. The molecular formula is C16H28FN3O3. The number of rotatable bonds is 6. The van der Waals surface area contributed by atoms with Gasteiger partial charge in [0.2, 0.25) is 5.91 Å². The maximum absolute atomic E-state index is 13.8. The van der Waals surface area contributed by atoms with Crippen molar-refractivity contribution in [1.82, 2.24) is 14.7 Å². The number of likely N-dealkylation sites (tertiary alicyclic amines) is 1. The number of alkyl halides is 1. The molecule has 2 heterocycles. The van der Waals surface area contributed by atoms with Gasteiger partial charge in [-0.15, -0.1) is 0 Å². The number of piperazine rings is 1. The largest absolute Gasteiger partial charge is 0.480 e. The molecule has 23 heavy (non-hydrogen) atoms. The van der Waals surface area contributed by atoms with E-state index in [9.17, 15) is 14.0 Å². The number of halogens is 1. The topological polar surface area (TPSA) is 64.1 Å². The Morgan fingerprint density at radius 2 is 1.78 bits per heavy atom. The summed E-state index contributed by atoms with van der Waals surface area (Å²) in [7, 11) is 0. The van der Waals surface area contributed by atoms with Crippen molar-refractivity contribution in [1.29, 1.82) is 0 Å². The van der Waals surface area contributed by atoms with Crippen molar-refractivity contribution in [3.8, 4) is 0 Å². The van der Waals surface area contributed by atoms with Crippen LogP contribution in [-0.2, 0) is 9.59 Å². The van der Waals surface area contributed by atoms with Crippen molar-refractivity contribution < 1.29 is 19.1 Å². The Morgan fingerprint density at radius 1 is 1.17 bits per heavy atom. The molecule has 2 aliphatic rings. The standard InChI is InChI=1S/C16H28FN3O3/c1-12(2)7-15(21)20-9-13(17)8-14(20)10-18-3-5-19(6-4-18)11-16(22)23/h12-14H,3-11H2,1-2H3,(H,22,23)/t13-,14?/m1/s1. The second-order valence-electron chi connectivity index (χ2n) is 7.10. The lowest BCUT2D eigenvalue weighted by Gasteiger charge is -2.37. The van der Waals surface area contributed by atoms with E-state index >= 15 is 0 Å². The highest BCUT2D eigenvalue weighted by atomic mass is 19.1. The summed E-state index contributed by atoms with van der Waals surface area (Å²) >= 11 is 0. The molecule has 0 radical (unpaired) electrons. The zero-order valence-corrected chi connectivity index (χ0v) is 14.1. The van der Waals surface area contributed by atoms with Gasteiger partial charge in [0.05, 0.1) is 13.1 Å². The quantitative estimate of drug-likeness (QED) is 0.776. The molecular weight excluding hydrogens is 301 g/mol. The Bertz CT molecular complexity index is 425. The number of hydrogen-bond donors (Lipinski definition) is 1. The molecule has 2 rings (SSSR count). The number of aliphatic carboxylic acids is 1. The average molecular weight is 329 g/mol. The molecule has 1 N–H and O–H groups in total. The molecule has 0 saturated carbocycles. The fourth-order valence-corrected chi connectivity index (χ4v) is 3.42. The van der Waals surface area contributed by atoms with Gasteiger partial charge in [0, 0.05) is 51.6 Å². The van der Waals surface area contributed by atoms with Crippen LogP contribution in [0.5, 0.6) is 0 Å². The van der Waals surface area contributed by atoms with Gasteiger partial charge in [-0.05, 0) is 5.92 Å². The van der Waals surface area contributed by atoms with Crippen molar-refractivity contribution in [3.05, 3.63) is 0 Å². The normalized spacial score (nSPS) is 26.9. The average Bonchev–Trinajstić information content (AvgIpc) is 2.80. The summed E-state index contributed by atoms with van der Waals surface area (Å²) < 4.78 is 13.8. The highest BCUT2D eigenvalue weighted by Gasteiger charge is 2.36. The monoisotopic (exact) mass is 329 g/mol. The molecule has 132 valence electrons. The van der Waals surface area contributed by atoms with Crippen LogP contribution in [0.15, 0.2) is 0 Å². The van der Waals surface area contributed by atoms with Crippen LogP contribution in [0.3, 0.4) is 0 Å². The molecule has 7 heteroatoms. The van der Waals surface area contributed by atoms with Crippen molar-refractivity contribution in [2.45, 2.75) is 38.9 Å². The molecule has 2 aliphatic heterocycles. The van der Waals surface area contributed by atoms with Crippen LogP contribution in [0.1, 0.15) is 26.7 Å². The first-order valence-electron chi connectivity index (χ1n) is 8.45. The van der Waals surface area contributed by atoms with E-state index in [-0.39, 0.29) is 31.0 Å². The number of amides is 1. The summed E-state index contributed by atoms with van der Waals surface area (Å²) in [6.45, 7) is 7.92. The first-order chi connectivity index (χ1) is 10.8. The van der Waals surface area contributed by atoms with E-state index in [1.165, 1.54) is 0 Å². The van der Waals surface area contributed by atoms with Crippen molar-refractivity contribution in [2.75, 3.05) is 45.8 Å². The van der Waals surface area contributed by atoms with E-state index in [0.717, 1.165) is 13.1 Å². The summed E-state index contributed by atoms with van der Waals surface area (Å²) in [4.78, 5) is 28.9. The summed E-state index contributed by atoms with van der Waals surface area (Å²) in [6, 6.07) is -0.0535. The number of carbonyl (C=O) groups excluding carboxylic acids is 1. The minimum atomic E-state index is -0.926. The maximum Gasteiger partial charge on any atom is 0.317 e. The third-order valence-corrected chi connectivity index (χ3v) is 4.56. The third-order valence-electron chi connectivity index (χ3n) is 4.56. The Morgan fingerprint density at radius 3 is 2.35 bits per heavy atom. The Hall–Kier alpha value is -1.21. The van der Waals surface area contributed by atoms with Crippen LogP contribution in [0.2, 0.25) is 0 Å². The fourth-order valence-electron chi connectivity index (χ4n) is 3.42. The molecule has 6 nitrogen and oxygen atoms in total. The number of carboxylic acid groups (broad SMARTS) is 1. The lowest BCUT2D eigenvalue weighted by atomic mass is 10.1. The molecule has 2 saturated heterocycles. The van der Waals surface area contributed by atoms with Crippen LogP contribution < -0.4 is 0 Å². The van der Waals surface area contributed by atoms with Gasteiger partial charge in [-0.1, -0.05) is 13.8 Å². The molecule has 2 atom stereocenters. The number of nitrogens with zero attached hydrogens (tertiary/aromatic N) is 3. The van der Waals surface area contributed by atoms with E-state index in [2.05, 4.69) is 4.90 Å². The molecule has 0 aliphatic carbocycles. The molecule has 0 spiro atoms. The zero-order valence-electron chi connectivity index (χ0n) is 14.1. The summed E-state index contributed by atoms with van der Waals surface area (Å²) in [6.07, 6.45) is -0.0428. The van der Waals surface area contributed by atoms with E-state index in [0.29, 0.717) is 32.5 Å². The molecule has 0 aromatic rings. The van der Waals surface area contributed by atoms with Crippen LogP contribution in [0.4, 0.5) is 4.39 Å². The van der Waals surface area contributed by atoms with Gasteiger partial charge in [-0.3, -0.25) is 19.4 Å². The lowest BCUT2D eigenvalue weighted by Crippen LogP contribution is -2.51. The first kappa shape index (κ1) is 18.1.